The number of nitrogens with two attached hydrogens (primary N) is 1. The molecule has 1 aromatic carbocycles. The third-order valence-electron chi connectivity index (χ3n) is 3.97. The highest BCUT2D eigenvalue weighted by Gasteiger charge is 2.41. The summed E-state index contributed by atoms with van der Waals surface area (Å²) in [5.74, 6) is 0.713. The fourth-order valence-electron chi connectivity index (χ4n) is 2.70. The number of nitrogens with zero attached hydrogens (tertiary/aromatic N) is 1. The zero-order valence-electron chi connectivity index (χ0n) is 13.4. The molecule has 1 aliphatic rings. The number of fused-ring (bicyclic) bond motifs is 1. The first-order chi connectivity index (χ1) is 10.6. The maximum Gasteiger partial charge on any atom is 0.415 e. The maximum absolute atomic E-state index is 12.4. The Bertz CT molecular complexity index is 535. The minimum atomic E-state index is -0.714. The molecule has 1 aromatic rings. The molecular formula is C16H24N2O4. The SMILES string of the molecule is CCOC(=O)N1c2ccc(OCOC)cc2CCC1(N)CC. The Morgan fingerprint density at radius 2 is 2.18 bits per heavy atom. The smallest absolute Gasteiger partial charge is 0.415 e. The molecule has 1 heterocycles. The highest BCUT2D eigenvalue weighted by atomic mass is 16.7. The lowest BCUT2D eigenvalue weighted by Crippen LogP contribution is -2.60. The maximum atomic E-state index is 12.4. The second kappa shape index (κ2) is 6.98. The summed E-state index contributed by atoms with van der Waals surface area (Å²) in [4.78, 5) is 13.9. The van der Waals surface area contributed by atoms with Crippen LogP contribution in [0.3, 0.4) is 0 Å². The normalized spacial score (nSPS) is 20.5. The molecule has 0 fully saturated rings. The van der Waals surface area contributed by atoms with E-state index in [1.807, 2.05) is 25.1 Å². The van der Waals surface area contributed by atoms with Gasteiger partial charge in [-0.15, -0.1) is 0 Å². The molecular weight excluding hydrogens is 284 g/mol. The van der Waals surface area contributed by atoms with Crippen molar-refractivity contribution in [3.05, 3.63) is 23.8 Å². The number of amides is 1. The van der Waals surface area contributed by atoms with Gasteiger partial charge >= 0.3 is 6.09 Å². The molecule has 1 unspecified atom stereocenters. The molecule has 0 radical (unpaired) electrons. The van der Waals surface area contributed by atoms with Crippen LogP contribution in [0.15, 0.2) is 18.2 Å². The molecule has 0 aromatic heterocycles. The Morgan fingerprint density at radius 1 is 1.41 bits per heavy atom. The molecule has 1 aliphatic heterocycles. The molecule has 0 bridgehead atoms. The molecule has 6 heteroatoms. The van der Waals surface area contributed by atoms with Crippen molar-refractivity contribution in [1.82, 2.24) is 0 Å². The van der Waals surface area contributed by atoms with E-state index in [1.165, 1.54) is 0 Å². The van der Waals surface area contributed by atoms with Crippen molar-refractivity contribution in [3.8, 4) is 5.75 Å². The van der Waals surface area contributed by atoms with Crippen LogP contribution in [-0.2, 0) is 15.9 Å². The lowest BCUT2D eigenvalue weighted by atomic mass is 9.89. The number of ether oxygens (including phenoxy) is 3. The number of methoxy groups -OCH3 is 1. The summed E-state index contributed by atoms with van der Waals surface area (Å²) < 4.78 is 15.5. The molecule has 0 saturated carbocycles. The predicted octanol–water partition coefficient (Wildman–Crippen LogP) is 2.64. The van der Waals surface area contributed by atoms with E-state index in [2.05, 4.69) is 0 Å². The summed E-state index contributed by atoms with van der Waals surface area (Å²) in [7, 11) is 1.57. The number of hydrogen-bond donors (Lipinski definition) is 1. The molecule has 0 aliphatic carbocycles. The van der Waals surface area contributed by atoms with Gasteiger partial charge in [0.25, 0.3) is 0 Å². The topological polar surface area (TPSA) is 74.0 Å². The first-order valence-corrected chi connectivity index (χ1v) is 7.56. The fourth-order valence-corrected chi connectivity index (χ4v) is 2.70. The van der Waals surface area contributed by atoms with Crippen LogP contribution in [0.4, 0.5) is 10.5 Å². The van der Waals surface area contributed by atoms with Crippen molar-refractivity contribution in [2.75, 3.05) is 25.4 Å². The number of anilines is 1. The van der Waals surface area contributed by atoms with E-state index in [9.17, 15) is 4.79 Å². The number of benzene rings is 1. The average Bonchev–Trinajstić information content (AvgIpc) is 2.52. The van der Waals surface area contributed by atoms with E-state index < -0.39 is 11.8 Å². The van der Waals surface area contributed by atoms with Gasteiger partial charge in [0.2, 0.25) is 0 Å². The molecule has 2 rings (SSSR count). The van der Waals surface area contributed by atoms with Gasteiger partial charge < -0.3 is 19.9 Å². The lowest BCUT2D eigenvalue weighted by Gasteiger charge is -2.44. The van der Waals surface area contributed by atoms with Crippen molar-refractivity contribution < 1.29 is 19.0 Å². The quantitative estimate of drug-likeness (QED) is 0.846. The number of aryl methyl sites for hydroxylation is 1. The van der Waals surface area contributed by atoms with Crippen molar-refractivity contribution in [2.45, 2.75) is 38.8 Å². The van der Waals surface area contributed by atoms with Crippen LogP contribution in [0.25, 0.3) is 0 Å². The minimum Gasteiger partial charge on any atom is -0.468 e. The zero-order chi connectivity index (χ0) is 16.2. The molecule has 0 spiro atoms. The van der Waals surface area contributed by atoms with Crippen LogP contribution in [0.5, 0.6) is 5.75 Å². The van der Waals surface area contributed by atoms with E-state index in [0.29, 0.717) is 25.2 Å². The van der Waals surface area contributed by atoms with Gasteiger partial charge in [0.15, 0.2) is 6.79 Å². The van der Waals surface area contributed by atoms with Crippen LogP contribution < -0.4 is 15.4 Å². The zero-order valence-corrected chi connectivity index (χ0v) is 13.4. The average molecular weight is 308 g/mol. The van der Waals surface area contributed by atoms with Crippen molar-refractivity contribution in [2.24, 2.45) is 5.73 Å². The van der Waals surface area contributed by atoms with E-state index >= 15 is 0 Å². The van der Waals surface area contributed by atoms with Gasteiger partial charge in [-0.05, 0) is 49.9 Å². The lowest BCUT2D eigenvalue weighted by molar-refractivity contribution is 0.0510. The fraction of sp³-hybridized carbons (Fsp3) is 0.562. The summed E-state index contributed by atoms with van der Waals surface area (Å²) in [5.41, 5.74) is 7.54. The Kier molecular flexibility index (Phi) is 5.26. The van der Waals surface area contributed by atoms with Crippen molar-refractivity contribution >= 4 is 11.8 Å². The van der Waals surface area contributed by atoms with Crippen LogP contribution in [0.2, 0.25) is 0 Å². The van der Waals surface area contributed by atoms with Crippen LogP contribution in [-0.4, -0.2) is 32.3 Å². The number of rotatable bonds is 5. The van der Waals surface area contributed by atoms with Crippen LogP contribution >= 0.6 is 0 Å². The van der Waals surface area contributed by atoms with E-state index in [-0.39, 0.29) is 6.79 Å². The molecule has 122 valence electrons. The number of carbonyl (C=O) groups is 1. The highest BCUT2D eigenvalue weighted by molar-refractivity contribution is 5.91. The highest BCUT2D eigenvalue weighted by Crippen LogP contribution is 2.38. The molecule has 22 heavy (non-hydrogen) atoms. The number of carbonyl (C=O) groups excluding carboxylic acids is 1. The second-order valence-electron chi connectivity index (χ2n) is 5.33. The first-order valence-electron chi connectivity index (χ1n) is 7.56. The number of hydrogen-bond acceptors (Lipinski definition) is 5. The molecule has 6 nitrogen and oxygen atoms in total. The van der Waals surface area contributed by atoms with Gasteiger partial charge in [0.1, 0.15) is 5.75 Å². The van der Waals surface area contributed by atoms with E-state index in [1.54, 1.807) is 18.9 Å². The summed E-state index contributed by atoms with van der Waals surface area (Å²) in [5, 5.41) is 0. The molecule has 2 N–H and O–H groups in total. The summed E-state index contributed by atoms with van der Waals surface area (Å²) in [6.45, 7) is 4.28. The Hall–Kier alpha value is -1.79. The Morgan fingerprint density at radius 3 is 2.82 bits per heavy atom. The van der Waals surface area contributed by atoms with Crippen LogP contribution in [0, 0.1) is 0 Å². The summed E-state index contributed by atoms with van der Waals surface area (Å²) in [6, 6.07) is 5.59. The second-order valence-corrected chi connectivity index (χ2v) is 5.33. The van der Waals surface area contributed by atoms with Gasteiger partial charge in [-0.3, -0.25) is 4.90 Å². The van der Waals surface area contributed by atoms with E-state index in [4.69, 9.17) is 19.9 Å². The van der Waals surface area contributed by atoms with Gasteiger partial charge in [-0.1, -0.05) is 6.92 Å². The largest absolute Gasteiger partial charge is 0.468 e. The summed E-state index contributed by atoms with van der Waals surface area (Å²) >= 11 is 0. The van der Waals surface area contributed by atoms with Gasteiger partial charge in [0, 0.05) is 7.11 Å². The molecule has 0 saturated heterocycles. The Labute approximate surface area is 131 Å². The van der Waals surface area contributed by atoms with Gasteiger partial charge in [-0.2, -0.15) is 0 Å². The minimum absolute atomic E-state index is 0.191. The van der Waals surface area contributed by atoms with Gasteiger partial charge in [-0.25, -0.2) is 4.79 Å². The Balaban J connectivity index is 2.36. The molecule has 1 amide bonds. The van der Waals surface area contributed by atoms with Crippen molar-refractivity contribution in [3.63, 3.8) is 0 Å². The van der Waals surface area contributed by atoms with Crippen molar-refractivity contribution in [1.29, 1.82) is 0 Å². The monoisotopic (exact) mass is 308 g/mol. The predicted molar refractivity (Wildman–Crippen MR) is 84.0 cm³/mol. The van der Waals surface area contributed by atoms with Gasteiger partial charge in [0.05, 0.1) is 18.0 Å². The summed E-state index contributed by atoms with van der Waals surface area (Å²) in [6.07, 6.45) is 1.73. The standard InChI is InChI=1S/C16H24N2O4/c1-4-16(17)9-8-12-10-13(22-11-20-3)6-7-14(12)18(16)15(19)21-5-2/h6-7,10H,4-5,8-9,11,17H2,1-3H3. The molecule has 1 atom stereocenters. The third-order valence-corrected chi connectivity index (χ3v) is 3.97. The van der Waals surface area contributed by atoms with Crippen LogP contribution in [0.1, 0.15) is 32.3 Å². The third kappa shape index (κ3) is 3.18. The first kappa shape index (κ1) is 16.6. The van der Waals surface area contributed by atoms with E-state index in [0.717, 1.165) is 17.7 Å².